The Morgan fingerprint density at radius 3 is 0.600 bits per heavy atom. The van der Waals surface area contributed by atoms with E-state index in [0.717, 1.165) is 0 Å². The van der Waals surface area contributed by atoms with Gasteiger partial charge in [0.1, 0.15) is 0 Å². The van der Waals surface area contributed by atoms with Gasteiger partial charge in [-0.05, 0) is 0 Å². The van der Waals surface area contributed by atoms with Crippen LogP contribution in [0.1, 0.15) is 0 Å². The third kappa shape index (κ3) is 26.9. The van der Waals surface area contributed by atoms with E-state index in [9.17, 15) is 0 Å². The first-order chi connectivity index (χ1) is 0. The first-order valence-corrected chi connectivity index (χ1v) is 0. The minimum Gasteiger partial charge on any atom is -3.00 e. The summed E-state index contributed by atoms with van der Waals surface area (Å²) in [5, 5.41) is 0. The molecular weight excluding hydrogens is 50.8 g/mol. The summed E-state index contributed by atoms with van der Waals surface area (Å²) in [7, 11) is 0. The summed E-state index contributed by atoms with van der Waals surface area (Å²) in [6, 6.07) is 0. The maximum atomic E-state index is 0. The van der Waals surface area contributed by atoms with Crippen LogP contribution in [0.2, 0.25) is 0 Å². The van der Waals surface area contributed by atoms with Crippen LogP contribution >= 0.6 is 0 Å². The van der Waals surface area contributed by atoms with Crippen molar-refractivity contribution in [3.8, 4) is 0 Å². The van der Waals surface area contributed by atoms with E-state index in [2.05, 4.69) is 0 Å². The van der Waals surface area contributed by atoms with Crippen molar-refractivity contribution in [1.29, 1.82) is 0 Å². The van der Waals surface area contributed by atoms with E-state index in [0.29, 0.717) is 0 Å². The van der Waals surface area contributed by atoms with E-state index in [-0.39, 0.29) is 68.2 Å². The average Bonchev–Trinajstić information content (AvgIpc) is 0. The van der Waals surface area contributed by atoms with Crippen molar-refractivity contribution < 1.29 is 62.1 Å². The monoisotopic (exact) mass is 51.0 g/mol. The summed E-state index contributed by atoms with van der Waals surface area (Å²) < 4.78 is 0. The van der Waals surface area contributed by atoms with Crippen molar-refractivity contribution in [3.63, 3.8) is 0 Å². The maximum Gasteiger partial charge on any atom is 1.00 e. The van der Waals surface area contributed by atoms with Crippen LogP contribution in [-0.4, -0.2) is 0 Å². The van der Waals surface area contributed by atoms with Gasteiger partial charge in [0, 0.05) is 5.48 Å². The van der Waals surface area contributed by atoms with Crippen molar-refractivity contribution in [1.82, 2.24) is 0 Å². The SMILES string of the molecule is [Li+].[Li+].[Li+].[N-3].[O]. The molecule has 0 aliphatic rings. The van der Waals surface area contributed by atoms with Gasteiger partial charge in [0.2, 0.25) is 0 Å². The fourth-order valence-electron chi connectivity index (χ4n) is 0. The molecule has 0 bridgehead atoms. The van der Waals surface area contributed by atoms with Crippen molar-refractivity contribution in [2.75, 3.05) is 0 Å². The second-order valence-electron chi connectivity index (χ2n) is 0. The Morgan fingerprint density at radius 2 is 0.600 bits per heavy atom. The van der Waals surface area contributed by atoms with Crippen LogP contribution in [0.3, 0.4) is 0 Å². The molecule has 0 heterocycles. The van der Waals surface area contributed by atoms with Crippen LogP contribution < -0.4 is 56.6 Å². The fourth-order valence-corrected chi connectivity index (χ4v) is 0. The van der Waals surface area contributed by atoms with Gasteiger partial charge in [0.05, 0.1) is 0 Å². The molecule has 0 saturated heterocycles. The number of hydrogen-bond acceptors (Lipinski definition) is 0. The first kappa shape index (κ1) is 74.7. The predicted octanol–water partition coefficient (Wildman–Crippen LogP) is -8.82. The fraction of sp³-hybridized carbons (Fsp3) is 0. The number of hydrogen-bond donors (Lipinski definition) is 0. The Morgan fingerprint density at radius 1 is 0.600 bits per heavy atom. The molecule has 5 heavy (non-hydrogen) atoms. The Bertz CT molecular complexity index is 6.85. The van der Waals surface area contributed by atoms with Gasteiger partial charge in [-0.1, -0.05) is 0 Å². The average molecular weight is 50.8 g/mol. The molecule has 0 aliphatic carbocycles. The van der Waals surface area contributed by atoms with Crippen molar-refractivity contribution >= 4 is 0 Å². The van der Waals surface area contributed by atoms with Crippen molar-refractivity contribution in [3.05, 3.63) is 6.15 Å². The largest absolute Gasteiger partial charge is 3.00 e. The maximum absolute atomic E-state index is 0. The molecule has 0 aromatic rings. The molecule has 2 nitrogen and oxygen atoms in total. The van der Waals surface area contributed by atoms with Gasteiger partial charge in [0.25, 0.3) is 0 Å². The zero-order valence-corrected chi connectivity index (χ0v) is 3.86. The minimum atomic E-state index is 0. The van der Waals surface area contributed by atoms with E-state index < -0.39 is 0 Å². The molecule has 14 valence electrons. The van der Waals surface area contributed by atoms with Crippen molar-refractivity contribution in [2.45, 2.75) is 0 Å². The summed E-state index contributed by atoms with van der Waals surface area (Å²) in [5.41, 5.74) is 0. The van der Waals surface area contributed by atoms with Gasteiger partial charge >= 0.3 is 56.6 Å². The molecule has 0 aromatic carbocycles. The van der Waals surface area contributed by atoms with Gasteiger partial charge in [-0.3, -0.25) is 0 Å². The van der Waals surface area contributed by atoms with Gasteiger partial charge in [-0.15, -0.1) is 0 Å². The van der Waals surface area contributed by atoms with E-state index in [1.165, 1.54) is 0 Å². The van der Waals surface area contributed by atoms with Crippen LogP contribution in [0.15, 0.2) is 0 Å². The standard InChI is InChI=1S/3Li.N.O/q3*+1;-3;. The molecule has 0 rings (SSSR count). The second-order valence-corrected chi connectivity index (χ2v) is 0. The first-order valence-electron chi connectivity index (χ1n) is 0. The normalized spacial score (nSPS) is 0. The van der Waals surface area contributed by atoms with Crippen LogP contribution in [0.4, 0.5) is 0 Å². The summed E-state index contributed by atoms with van der Waals surface area (Å²) in [4.78, 5) is 0. The third-order valence-corrected chi connectivity index (χ3v) is 0. The molecule has 0 fully saturated rings. The van der Waals surface area contributed by atoms with Crippen LogP contribution in [-0.2, 0) is 5.48 Å². The Kier molecular flexibility index (Phi) is 646. The molecule has 0 amide bonds. The van der Waals surface area contributed by atoms with Crippen LogP contribution in [0, 0.1) is 0 Å². The van der Waals surface area contributed by atoms with Crippen molar-refractivity contribution in [2.24, 2.45) is 0 Å². The molecule has 0 aromatic heterocycles. The minimum absolute atomic E-state index is 0. The zero-order chi connectivity index (χ0) is 0. The number of nitrogens with zero attached hydrogens (tertiary/aromatic N) is 1. The van der Waals surface area contributed by atoms with Gasteiger partial charge < -0.3 is 6.15 Å². The topological polar surface area (TPSA) is 59.0 Å². The molecule has 5 heteroatoms. The predicted molar refractivity (Wildman–Crippen MR) is 4.05 cm³/mol. The Balaban J connectivity index is 0. The summed E-state index contributed by atoms with van der Waals surface area (Å²) in [6.07, 6.45) is 0. The molecule has 2 radical (unpaired) electrons. The molecule has 0 atom stereocenters. The molecule has 0 aliphatic heterocycles. The van der Waals surface area contributed by atoms with Gasteiger partial charge in [-0.2, -0.15) is 0 Å². The third-order valence-electron chi connectivity index (χ3n) is 0. The summed E-state index contributed by atoms with van der Waals surface area (Å²) in [5.74, 6) is 0. The van der Waals surface area contributed by atoms with E-state index >= 15 is 0 Å². The Labute approximate surface area is 67.9 Å². The van der Waals surface area contributed by atoms with E-state index in [4.69, 9.17) is 0 Å². The zero-order valence-electron chi connectivity index (χ0n) is 3.86. The molecule has 0 saturated carbocycles. The van der Waals surface area contributed by atoms with Gasteiger partial charge in [0.15, 0.2) is 0 Å². The molecule has 0 spiro atoms. The molecule has 0 N–H and O–H groups in total. The van der Waals surface area contributed by atoms with Crippen LogP contribution in [0.25, 0.3) is 6.15 Å². The summed E-state index contributed by atoms with van der Waals surface area (Å²) >= 11 is 0. The Hall–Kier alpha value is 1.71. The summed E-state index contributed by atoms with van der Waals surface area (Å²) in [6.45, 7) is 0. The van der Waals surface area contributed by atoms with E-state index in [1.807, 2.05) is 0 Å². The van der Waals surface area contributed by atoms with Crippen LogP contribution in [0.5, 0.6) is 0 Å². The molecule has 0 unspecified atom stereocenters. The number of rotatable bonds is 0. The molecular formula is Li3NO. The van der Waals surface area contributed by atoms with E-state index in [1.54, 1.807) is 0 Å². The second kappa shape index (κ2) is 43.3. The smallest absolute Gasteiger partial charge is 1.00 e. The van der Waals surface area contributed by atoms with Gasteiger partial charge in [-0.25, -0.2) is 0 Å². The quantitative estimate of drug-likeness (QED) is 0.245.